The van der Waals surface area contributed by atoms with Crippen molar-refractivity contribution in [2.75, 3.05) is 12.4 Å². The molecule has 1 fully saturated rings. The lowest BCUT2D eigenvalue weighted by Crippen LogP contribution is -2.64. The Balaban J connectivity index is 1.67. The summed E-state index contributed by atoms with van der Waals surface area (Å²) in [5.74, 6) is -2.93. The molecular formula is C30H31NO7S. The number of amides is 1. The van der Waals surface area contributed by atoms with Crippen LogP contribution in [-0.2, 0) is 33.4 Å². The van der Waals surface area contributed by atoms with Gasteiger partial charge in [-0.1, -0.05) is 66.7 Å². The topological polar surface area (TPSA) is 99.2 Å². The molecule has 2 atom stereocenters. The summed E-state index contributed by atoms with van der Waals surface area (Å²) in [5.41, 5.74) is 1.39. The lowest BCUT2D eigenvalue weighted by molar-refractivity contribution is -0.175. The van der Waals surface area contributed by atoms with E-state index in [1.165, 1.54) is 23.6 Å². The minimum absolute atomic E-state index is 0.0143. The average Bonchev–Trinajstić information content (AvgIpc) is 2.89. The Kier molecular flexibility index (Phi) is 8.60. The number of allylic oxidation sites excluding steroid dienone is 1. The van der Waals surface area contributed by atoms with Gasteiger partial charge in [0, 0.05) is 12.7 Å². The number of benzene rings is 2. The van der Waals surface area contributed by atoms with Crippen molar-refractivity contribution >= 4 is 35.6 Å². The van der Waals surface area contributed by atoms with Gasteiger partial charge in [-0.05, 0) is 43.5 Å². The van der Waals surface area contributed by atoms with Crippen LogP contribution in [0.25, 0.3) is 0 Å². The number of hydrogen-bond donors (Lipinski definition) is 0. The van der Waals surface area contributed by atoms with E-state index >= 15 is 0 Å². The maximum Gasteiger partial charge on any atom is 0.356 e. The summed E-state index contributed by atoms with van der Waals surface area (Å²) in [4.78, 5) is 52.4. The standard InChI is InChI=1S/C30H31NO7S/c1-19(32)36-17-11-16-22-18-39-27-23(28(34)38-30(2,3)4)26(33)31(27)24(22)29(35)37-25(20-12-7-5-8-13-20)21-14-9-6-10-15-21/h5-16,23,25,27H,17-18H2,1-4H3/b16-11-/t23?,27-/m0/s1. The molecule has 2 aromatic rings. The summed E-state index contributed by atoms with van der Waals surface area (Å²) in [6.07, 6.45) is 2.54. The van der Waals surface area contributed by atoms with Crippen molar-refractivity contribution in [3.8, 4) is 0 Å². The van der Waals surface area contributed by atoms with Crippen molar-refractivity contribution in [1.29, 1.82) is 0 Å². The summed E-state index contributed by atoms with van der Waals surface area (Å²) in [5, 5.41) is -0.590. The molecule has 0 aromatic heterocycles. The van der Waals surface area contributed by atoms with Gasteiger partial charge in [-0.3, -0.25) is 19.3 Å². The van der Waals surface area contributed by atoms with E-state index in [2.05, 4.69) is 0 Å². The third kappa shape index (κ3) is 6.60. The second-order valence-corrected chi connectivity index (χ2v) is 11.2. The maximum atomic E-state index is 13.8. The van der Waals surface area contributed by atoms with Crippen LogP contribution in [0.5, 0.6) is 0 Å². The average molecular weight is 550 g/mol. The maximum absolute atomic E-state index is 13.8. The largest absolute Gasteiger partial charge is 0.462 e. The second kappa shape index (κ2) is 11.9. The van der Waals surface area contributed by atoms with E-state index in [0.717, 1.165) is 11.1 Å². The van der Waals surface area contributed by atoms with Crippen molar-refractivity contribution in [2.45, 2.75) is 44.8 Å². The number of ether oxygens (including phenoxy) is 3. The van der Waals surface area contributed by atoms with Crippen molar-refractivity contribution < 1.29 is 33.4 Å². The molecule has 0 bridgehead atoms. The molecule has 39 heavy (non-hydrogen) atoms. The third-order valence-corrected chi connectivity index (χ3v) is 7.29. The molecule has 2 aliphatic heterocycles. The van der Waals surface area contributed by atoms with E-state index in [4.69, 9.17) is 14.2 Å². The van der Waals surface area contributed by atoms with Crippen molar-refractivity contribution in [3.05, 3.63) is 95.2 Å². The van der Waals surface area contributed by atoms with Crippen LogP contribution in [0.3, 0.4) is 0 Å². The number of carbonyl (C=O) groups is 4. The molecule has 9 heteroatoms. The molecular weight excluding hydrogens is 518 g/mol. The molecule has 8 nitrogen and oxygen atoms in total. The fraction of sp³-hybridized carbons (Fsp3) is 0.333. The molecule has 0 saturated carbocycles. The Labute approximate surface area is 232 Å². The Morgan fingerprint density at radius 1 is 1.03 bits per heavy atom. The van der Waals surface area contributed by atoms with Gasteiger partial charge in [-0.2, -0.15) is 0 Å². The van der Waals surface area contributed by atoms with E-state index in [1.807, 2.05) is 60.7 Å². The molecule has 204 valence electrons. The zero-order valence-electron chi connectivity index (χ0n) is 22.3. The van der Waals surface area contributed by atoms with Gasteiger partial charge < -0.3 is 14.2 Å². The second-order valence-electron chi connectivity index (χ2n) is 10.1. The van der Waals surface area contributed by atoms with Gasteiger partial charge in [-0.25, -0.2) is 4.79 Å². The fourth-order valence-electron chi connectivity index (χ4n) is 4.31. The van der Waals surface area contributed by atoms with Crippen LogP contribution in [0, 0.1) is 5.92 Å². The summed E-state index contributed by atoms with van der Waals surface area (Å²) in [6, 6.07) is 18.7. The van der Waals surface area contributed by atoms with E-state index in [9.17, 15) is 19.2 Å². The fourth-order valence-corrected chi connectivity index (χ4v) is 5.67. The number of thioether (sulfide) groups is 1. The number of β-lactam (4-membered cyclic amide) rings is 1. The molecule has 2 aromatic carbocycles. The van der Waals surface area contributed by atoms with Crippen LogP contribution in [0.15, 0.2) is 84.1 Å². The zero-order valence-corrected chi connectivity index (χ0v) is 23.1. The van der Waals surface area contributed by atoms with Crippen molar-refractivity contribution in [1.82, 2.24) is 4.90 Å². The Bertz CT molecular complexity index is 1260. The van der Waals surface area contributed by atoms with Gasteiger partial charge in [0.15, 0.2) is 12.0 Å². The summed E-state index contributed by atoms with van der Waals surface area (Å²) in [6.45, 7) is 6.53. The molecule has 0 N–H and O–H groups in total. The number of fused-ring (bicyclic) bond motifs is 1. The predicted molar refractivity (Wildman–Crippen MR) is 146 cm³/mol. The van der Waals surface area contributed by atoms with Gasteiger partial charge in [0.25, 0.3) is 0 Å². The van der Waals surface area contributed by atoms with Gasteiger partial charge in [0.1, 0.15) is 23.3 Å². The van der Waals surface area contributed by atoms with Crippen LogP contribution < -0.4 is 0 Å². The first kappa shape index (κ1) is 28.2. The number of carbonyl (C=O) groups excluding carboxylic acids is 4. The normalized spacial score (nSPS) is 19.0. The van der Waals surface area contributed by atoms with Gasteiger partial charge >= 0.3 is 17.9 Å². The Hall–Kier alpha value is -3.85. The Morgan fingerprint density at radius 3 is 2.15 bits per heavy atom. The van der Waals surface area contributed by atoms with E-state index < -0.39 is 46.8 Å². The summed E-state index contributed by atoms with van der Waals surface area (Å²) >= 11 is 1.36. The molecule has 4 rings (SSSR count). The highest BCUT2D eigenvalue weighted by atomic mass is 32.2. The molecule has 0 radical (unpaired) electrons. The zero-order chi connectivity index (χ0) is 28.2. The smallest absolute Gasteiger partial charge is 0.356 e. The van der Waals surface area contributed by atoms with Gasteiger partial charge in [-0.15, -0.1) is 11.8 Å². The number of hydrogen-bond acceptors (Lipinski definition) is 8. The highest BCUT2D eigenvalue weighted by molar-refractivity contribution is 8.00. The third-order valence-electron chi connectivity index (χ3n) is 5.98. The molecule has 1 unspecified atom stereocenters. The van der Waals surface area contributed by atoms with Gasteiger partial charge in [0.2, 0.25) is 5.91 Å². The van der Waals surface area contributed by atoms with Crippen molar-refractivity contribution in [3.63, 3.8) is 0 Å². The molecule has 2 aliphatic rings. The summed E-state index contributed by atoms with van der Waals surface area (Å²) in [7, 11) is 0. The predicted octanol–water partition coefficient (Wildman–Crippen LogP) is 4.57. The first-order valence-electron chi connectivity index (χ1n) is 12.6. The first-order valence-corrected chi connectivity index (χ1v) is 13.6. The molecule has 0 aliphatic carbocycles. The minimum atomic E-state index is -1.01. The first-order chi connectivity index (χ1) is 18.6. The molecule has 0 spiro atoms. The quantitative estimate of drug-likeness (QED) is 0.204. The number of esters is 3. The molecule has 1 saturated heterocycles. The van der Waals surface area contributed by atoms with Crippen LogP contribution >= 0.6 is 11.8 Å². The van der Waals surface area contributed by atoms with Gasteiger partial charge in [0.05, 0.1) is 0 Å². The van der Waals surface area contributed by atoms with Crippen LogP contribution in [0.2, 0.25) is 0 Å². The highest BCUT2D eigenvalue weighted by Gasteiger charge is 2.58. The number of nitrogens with zero attached hydrogens (tertiary/aromatic N) is 1. The van der Waals surface area contributed by atoms with E-state index in [0.29, 0.717) is 11.3 Å². The van der Waals surface area contributed by atoms with Crippen molar-refractivity contribution in [2.24, 2.45) is 5.92 Å². The molecule has 1 amide bonds. The lowest BCUT2D eigenvalue weighted by atomic mass is 9.95. The monoisotopic (exact) mass is 549 g/mol. The van der Waals surface area contributed by atoms with Crippen LogP contribution in [-0.4, -0.2) is 52.0 Å². The SMILES string of the molecule is CC(=O)OC/C=C\C1=C(C(=O)OC(c2ccccc2)c2ccccc2)N2C(=O)C(C(=O)OC(C)(C)C)[C@@H]2SC1. The van der Waals surface area contributed by atoms with E-state index in [-0.39, 0.29) is 12.3 Å². The van der Waals surface area contributed by atoms with Crippen LogP contribution in [0.4, 0.5) is 0 Å². The summed E-state index contributed by atoms with van der Waals surface area (Å²) < 4.78 is 16.5. The van der Waals surface area contributed by atoms with Crippen LogP contribution in [0.1, 0.15) is 44.9 Å². The lowest BCUT2D eigenvalue weighted by Gasteiger charge is -2.48. The Morgan fingerprint density at radius 2 is 1.62 bits per heavy atom. The molecule has 2 heterocycles. The van der Waals surface area contributed by atoms with E-state index in [1.54, 1.807) is 32.9 Å². The number of rotatable bonds is 8. The highest BCUT2D eigenvalue weighted by Crippen LogP contribution is 2.45. The minimum Gasteiger partial charge on any atom is -0.462 e.